The molecule has 0 aliphatic rings. The van der Waals surface area contributed by atoms with Crippen LogP contribution in [0.3, 0.4) is 0 Å². The van der Waals surface area contributed by atoms with Gasteiger partial charge in [0.1, 0.15) is 0 Å². The SMILES string of the molecule is Cc1c(C(F)(F)F)cc(/C=C/C(=O)O)cc1C(F)(F)F. The molecule has 1 N–H and O–H groups in total. The zero-order valence-electron chi connectivity index (χ0n) is 9.93. The first-order chi connectivity index (χ1) is 8.93. The van der Waals surface area contributed by atoms with Crippen molar-refractivity contribution in [3.05, 3.63) is 40.5 Å². The molecular weight excluding hydrogens is 290 g/mol. The van der Waals surface area contributed by atoms with E-state index in [1.54, 1.807) is 0 Å². The number of carboxylic acids is 1. The van der Waals surface area contributed by atoms with E-state index in [9.17, 15) is 31.1 Å². The van der Waals surface area contributed by atoms with E-state index in [1.165, 1.54) is 0 Å². The molecule has 0 atom stereocenters. The molecule has 2 nitrogen and oxygen atoms in total. The van der Waals surface area contributed by atoms with E-state index in [1.807, 2.05) is 0 Å². The number of alkyl halides is 6. The van der Waals surface area contributed by atoms with E-state index in [-0.39, 0.29) is 0 Å². The van der Waals surface area contributed by atoms with Crippen molar-refractivity contribution in [2.45, 2.75) is 19.3 Å². The summed E-state index contributed by atoms with van der Waals surface area (Å²) in [6.45, 7) is 0.719. The van der Waals surface area contributed by atoms with Crippen molar-refractivity contribution in [3.63, 3.8) is 0 Å². The lowest BCUT2D eigenvalue weighted by atomic mass is 9.97. The second kappa shape index (κ2) is 5.18. The standard InChI is InChI=1S/C12H8F6O2/c1-6-8(11(13,14)15)4-7(2-3-10(19)20)5-9(6)12(16,17)18/h2-5H,1H3,(H,19,20)/b3-2+. The van der Waals surface area contributed by atoms with Crippen LogP contribution in [0.5, 0.6) is 0 Å². The van der Waals surface area contributed by atoms with Gasteiger partial charge in [-0.05, 0) is 36.3 Å². The van der Waals surface area contributed by atoms with Crippen molar-refractivity contribution in [1.29, 1.82) is 0 Å². The normalized spacial score (nSPS) is 12.9. The van der Waals surface area contributed by atoms with Gasteiger partial charge in [0.25, 0.3) is 0 Å². The maximum atomic E-state index is 12.7. The van der Waals surface area contributed by atoms with Gasteiger partial charge in [-0.3, -0.25) is 0 Å². The predicted molar refractivity (Wildman–Crippen MR) is 57.9 cm³/mol. The summed E-state index contributed by atoms with van der Waals surface area (Å²) in [4.78, 5) is 10.3. The van der Waals surface area contributed by atoms with Gasteiger partial charge in [0.15, 0.2) is 0 Å². The molecule has 20 heavy (non-hydrogen) atoms. The topological polar surface area (TPSA) is 37.3 Å². The summed E-state index contributed by atoms with van der Waals surface area (Å²) in [5.74, 6) is -1.48. The maximum Gasteiger partial charge on any atom is 0.416 e. The lowest BCUT2D eigenvalue weighted by Crippen LogP contribution is -2.15. The summed E-state index contributed by atoms with van der Waals surface area (Å²) >= 11 is 0. The van der Waals surface area contributed by atoms with Crippen molar-refractivity contribution in [2.75, 3.05) is 0 Å². The first-order valence-corrected chi connectivity index (χ1v) is 5.13. The first-order valence-electron chi connectivity index (χ1n) is 5.13. The van der Waals surface area contributed by atoms with Crippen LogP contribution in [0, 0.1) is 6.92 Å². The lowest BCUT2D eigenvalue weighted by Gasteiger charge is -2.17. The third-order valence-electron chi connectivity index (χ3n) is 2.46. The molecular formula is C12H8F6O2. The van der Waals surface area contributed by atoms with Crippen molar-refractivity contribution < 1.29 is 36.2 Å². The number of rotatable bonds is 2. The van der Waals surface area contributed by atoms with Gasteiger partial charge in [-0.1, -0.05) is 0 Å². The zero-order valence-corrected chi connectivity index (χ0v) is 9.93. The fourth-order valence-corrected chi connectivity index (χ4v) is 1.59. The molecule has 0 fully saturated rings. The largest absolute Gasteiger partial charge is 0.478 e. The summed E-state index contributed by atoms with van der Waals surface area (Å²) in [5.41, 5.74) is -4.33. The van der Waals surface area contributed by atoms with Gasteiger partial charge < -0.3 is 5.11 Å². The zero-order chi connectivity index (χ0) is 15.7. The average Bonchev–Trinajstić information content (AvgIpc) is 2.24. The highest BCUT2D eigenvalue weighted by Crippen LogP contribution is 2.40. The number of hydrogen-bond acceptors (Lipinski definition) is 1. The minimum Gasteiger partial charge on any atom is -0.478 e. The highest BCUT2D eigenvalue weighted by molar-refractivity contribution is 5.85. The van der Waals surface area contributed by atoms with E-state index in [0.717, 1.165) is 6.92 Å². The van der Waals surface area contributed by atoms with E-state index in [0.29, 0.717) is 24.3 Å². The quantitative estimate of drug-likeness (QED) is 0.658. The molecule has 0 saturated heterocycles. The molecule has 1 aromatic carbocycles. The molecule has 110 valence electrons. The number of halogens is 6. The molecule has 0 aromatic heterocycles. The Bertz CT molecular complexity index is 519. The number of aliphatic carboxylic acids is 1. The number of carboxylic acid groups (broad SMARTS) is 1. The van der Waals surface area contributed by atoms with Crippen LogP contribution in [0.25, 0.3) is 6.08 Å². The molecule has 8 heteroatoms. The second-order valence-corrected chi connectivity index (χ2v) is 3.91. The third-order valence-corrected chi connectivity index (χ3v) is 2.46. The molecule has 1 aromatic rings. The number of benzene rings is 1. The van der Waals surface area contributed by atoms with E-state index >= 15 is 0 Å². The summed E-state index contributed by atoms with van der Waals surface area (Å²) < 4.78 is 76.1. The first kappa shape index (κ1) is 16.1. The number of hydrogen-bond donors (Lipinski definition) is 1. The molecule has 0 amide bonds. The monoisotopic (exact) mass is 298 g/mol. The van der Waals surface area contributed by atoms with E-state index in [4.69, 9.17) is 5.11 Å². The molecule has 0 heterocycles. The van der Waals surface area contributed by atoms with Gasteiger partial charge >= 0.3 is 18.3 Å². The minimum atomic E-state index is -4.96. The van der Waals surface area contributed by atoms with Crippen LogP contribution in [0.1, 0.15) is 22.3 Å². The Kier molecular flexibility index (Phi) is 4.16. The lowest BCUT2D eigenvalue weighted by molar-refractivity contribution is -0.144. The molecule has 0 saturated carbocycles. The van der Waals surface area contributed by atoms with E-state index < -0.39 is 40.6 Å². The van der Waals surface area contributed by atoms with Gasteiger partial charge in [-0.25, -0.2) is 4.79 Å². The Labute approximate surface area is 109 Å². The smallest absolute Gasteiger partial charge is 0.416 e. The van der Waals surface area contributed by atoms with Gasteiger partial charge in [0.2, 0.25) is 0 Å². The Morgan fingerprint density at radius 3 is 1.75 bits per heavy atom. The summed E-state index contributed by atoms with van der Waals surface area (Å²) in [6.07, 6.45) is -8.79. The van der Waals surface area contributed by atoms with Crippen LogP contribution in [-0.4, -0.2) is 11.1 Å². The summed E-state index contributed by atoms with van der Waals surface area (Å²) in [7, 11) is 0. The van der Waals surface area contributed by atoms with Crippen LogP contribution in [0.15, 0.2) is 18.2 Å². The molecule has 1 rings (SSSR count). The Hall–Kier alpha value is -1.99. The molecule has 0 aliphatic carbocycles. The van der Waals surface area contributed by atoms with Crippen molar-refractivity contribution in [1.82, 2.24) is 0 Å². The van der Waals surface area contributed by atoms with Crippen LogP contribution < -0.4 is 0 Å². The van der Waals surface area contributed by atoms with Crippen LogP contribution >= 0.6 is 0 Å². The third kappa shape index (κ3) is 3.75. The van der Waals surface area contributed by atoms with Gasteiger partial charge in [0.05, 0.1) is 11.1 Å². The average molecular weight is 298 g/mol. The minimum absolute atomic E-state index is 0.463. The van der Waals surface area contributed by atoms with Crippen molar-refractivity contribution in [2.24, 2.45) is 0 Å². The Morgan fingerprint density at radius 2 is 1.45 bits per heavy atom. The van der Waals surface area contributed by atoms with Crippen molar-refractivity contribution >= 4 is 12.0 Å². The van der Waals surface area contributed by atoms with Crippen LogP contribution in [0.4, 0.5) is 26.3 Å². The predicted octanol–water partition coefficient (Wildman–Crippen LogP) is 4.13. The second-order valence-electron chi connectivity index (χ2n) is 3.91. The fourth-order valence-electron chi connectivity index (χ4n) is 1.59. The molecule has 0 unspecified atom stereocenters. The van der Waals surface area contributed by atoms with E-state index in [2.05, 4.69) is 0 Å². The van der Waals surface area contributed by atoms with Crippen LogP contribution in [0.2, 0.25) is 0 Å². The maximum absolute atomic E-state index is 12.7. The number of carbonyl (C=O) groups is 1. The van der Waals surface area contributed by atoms with Crippen molar-refractivity contribution in [3.8, 4) is 0 Å². The van der Waals surface area contributed by atoms with Gasteiger partial charge in [-0.2, -0.15) is 26.3 Å². The molecule has 0 radical (unpaired) electrons. The van der Waals surface area contributed by atoms with Gasteiger partial charge in [0, 0.05) is 6.08 Å². The summed E-state index contributed by atoms with van der Waals surface area (Å²) in [5, 5.41) is 8.36. The van der Waals surface area contributed by atoms with Gasteiger partial charge in [-0.15, -0.1) is 0 Å². The molecule has 0 spiro atoms. The highest BCUT2D eigenvalue weighted by Gasteiger charge is 2.39. The summed E-state index contributed by atoms with van der Waals surface area (Å²) in [6, 6.07) is 0.952. The molecule has 0 aliphatic heterocycles. The Balaban J connectivity index is 3.54. The van der Waals surface area contributed by atoms with Crippen LogP contribution in [-0.2, 0) is 17.1 Å². The highest BCUT2D eigenvalue weighted by atomic mass is 19.4. The Morgan fingerprint density at radius 1 is 1.05 bits per heavy atom. The molecule has 0 bridgehead atoms. The fraction of sp³-hybridized carbons (Fsp3) is 0.250.